The quantitative estimate of drug-likeness (QED) is 0.160. The molecule has 0 heterocycles. The third-order valence-corrected chi connectivity index (χ3v) is 5.05. The number of unbranched alkanes of at least 4 members (excludes halogenated alkanes) is 8. The Morgan fingerprint density at radius 2 is 1.48 bits per heavy atom. The first-order valence-corrected chi connectivity index (χ1v) is 11.5. The van der Waals surface area contributed by atoms with Gasteiger partial charge in [-0.3, -0.25) is 9.59 Å². The SMILES string of the molecule is CC(OC(=O)CCN)C(=O)c1ccc(OCCCCCCCCCCCS)cc1. The normalized spacial score (nSPS) is 11.8. The summed E-state index contributed by atoms with van der Waals surface area (Å²) in [7, 11) is 0. The van der Waals surface area contributed by atoms with E-state index >= 15 is 0 Å². The minimum atomic E-state index is -0.816. The molecular weight excluding hydrogens is 386 g/mol. The first-order valence-electron chi connectivity index (χ1n) is 10.9. The van der Waals surface area contributed by atoms with E-state index in [2.05, 4.69) is 12.6 Å². The van der Waals surface area contributed by atoms with Gasteiger partial charge in [0.1, 0.15) is 5.75 Å². The maximum Gasteiger partial charge on any atom is 0.307 e. The second kappa shape index (κ2) is 16.3. The lowest BCUT2D eigenvalue weighted by atomic mass is 10.1. The Hall–Kier alpha value is -1.53. The molecule has 0 amide bonds. The maximum absolute atomic E-state index is 12.3. The van der Waals surface area contributed by atoms with Crippen LogP contribution in [0, 0.1) is 0 Å². The molecule has 1 atom stereocenters. The van der Waals surface area contributed by atoms with Gasteiger partial charge in [-0.05, 0) is 49.8 Å². The van der Waals surface area contributed by atoms with Crippen LogP contribution in [0.25, 0.3) is 0 Å². The smallest absolute Gasteiger partial charge is 0.307 e. The summed E-state index contributed by atoms with van der Waals surface area (Å²) >= 11 is 4.23. The lowest BCUT2D eigenvalue weighted by Gasteiger charge is -2.12. The molecule has 0 saturated carbocycles. The Labute approximate surface area is 181 Å². The number of hydrogen-bond donors (Lipinski definition) is 2. The first kappa shape index (κ1) is 25.5. The third kappa shape index (κ3) is 11.9. The van der Waals surface area contributed by atoms with Crippen LogP contribution >= 0.6 is 12.6 Å². The van der Waals surface area contributed by atoms with Crippen LogP contribution in [0.15, 0.2) is 24.3 Å². The van der Waals surface area contributed by atoms with Crippen LogP contribution in [0.4, 0.5) is 0 Å². The number of Topliss-reactive ketones (excluding diaryl/α,β-unsaturated/α-hetero) is 1. The summed E-state index contributed by atoms with van der Waals surface area (Å²) in [6, 6.07) is 6.98. The average molecular weight is 424 g/mol. The zero-order valence-electron chi connectivity index (χ0n) is 17.7. The first-order chi connectivity index (χ1) is 14.1. The van der Waals surface area contributed by atoms with Crippen molar-refractivity contribution in [2.45, 2.75) is 77.2 Å². The average Bonchev–Trinajstić information content (AvgIpc) is 2.72. The van der Waals surface area contributed by atoms with Crippen molar-refractivity contribution < 1.29 is 19.1 Å². The van der Waals surface area contributed by atoms with Gasteiger partial charge in [-0.25, -0.2) is 0 Å². The highest BCUT2D eigenvalue weighted by molar-refractivity contribution is 7.80. The summed E-state index contributed by atoms with van der Waals surface area (Å²) in [5.74, 6) is 1.07. The molecule has 1 aromatic carbocycles. The van der Waals surface area contributed by atoms with E-state index in [1.165, 1.54) is 51.4 Å². The van der Waals surface area contributed by atoms with Gasteiger partial charge in [0.15, 0.2) is 6.10 Å². The van der Waals surface area contributed by atoms with E-state index in [0.717, 1.165) is 17.9 Å². The number of rotatable bonds is 17. The molecule has 0 aliphatic heterocycles. The molecule has 1 unspecified atom stereocenters. The zero-order valence-corrected chi connectivity index (χ0v) is 18.6. The summed E-state index contributed by atoms with van der Waals surface area (Å²) in [5, 5.41) is 0. The molecule has 0 aliphatic rings. The van der Waals surface area contributed by atoms with Crippen molar-refractivity contribution in [3.8, 4) is 5.75 Å². The van der Waals surface area contributed by atoms with Crippen molar-refractivity contribution in [2.24, 2.45) is 5.73 Å². The fourth-order valence-corrected chi connectivity index (χ4v) is 3.24. The number of ether oxygens (including phenoxy) is 2. The van der Waals surface area contributed by atoms with Crippen molar-refractivity contribution in [3.05, 3.63) is 29.8 Å². The van der Waals surface area contributed by atoms with Crippen LogP contribution in [0.3, 0.4) is 0 Å². The van der Waals surface area contributed by atoms with E-state index in [9.17, 15) is 9.59 Å². The number of nitrogens with two attached hydrogens (primary N) is 1. The molecule has 1 rings (SSSR count). The van der Waals surface area contributed by atoms with E-state index in [1.807, 2.05) is 0 Å². The van der Waals surface area contributed by atoms with Gasteiger partial charge in [0, 0.05) is 12.1 Å². The Morgan fingerprint density at radius 3 is 2.03 bits per heavy atom. The minimum absolute atomic E-state index is 0.112. The lowest BCUT2D eigenvalue weighted by molar-refractivity contribution is -0.146. The van der Waals surface area contributed by atoms with Crippen molar-refractivity contribution in [3.63, 3.8) is 0 Å². The van der Waals surface area contributed by atoms with E-state index in [-0.39, 0.29) is 18.7 Å². The Kier molecular flexibility index (Phi) is 14.3. The molecule has 0 radical (unpaired) electrons. The molecule has 1 aromatic rings. The number of benzene rings is 1. The number of carbonyl (C=O) groups excluding carboxylic acids is 2. The molecule has 6 heteroatoms. The molecule has 164 valence electrons. The third-order valence-electron chi connectivity index (χ3n) is 4.74. The van der Waals surface area contributed by atoms with Gasteiger partial charge in [-0.1, -0.05) is 44.9 Å². The van der Waals surface area contributed by atoms with Crippen LogP contribution in [0.1, 0.15) is 81.5 Å². The van der Waals surface area contributed by atoms with Gasteiger partial charge in [-0.2, -0.15) is 12.6 Å². The number of hydrogen-bond acceptors (Lipinski definition) is 6. The molecule has 0 aromatic heterocycles. The fourth-order valence-electron chi connectivity index (χ4n) is 3.02. The van der Waals surface area contributed by atoms with Crippen molar-refractivity contribution in [2.75, 3.05) is 18.9 Å². The van der Waals surface area contributed by atoms with Crippen molar-refractivity contribution in [1.82, 2.24) is 0 Å². The van der Waals surface area contributed by atoms with E-state index < -0.39 is 12.1 Å². The van der Waals surface area contributed by atoms with Gasteiger partial charge in [0.2, 0.25) is 5.78 Å². The molecule has 0 aliphatic carbocycles. The predicted octanol–water partition coefficient (Wildman–Crippen LogP) is 4.97. The fraction of sp³-hybridized carbons (Fsp3) is 0.652. The summed E-state index contributed by atoms with van der Waals surface area (Å²) in [6.07, 6.45) is 10.6. The molecule has 5 nitrogen and oxygen atoms in total. The molecule has 0 saturated heterocycles. The predicted molar refractivity (Wildman–Crippen MR) is 121 cm³/mol. The molecule has 0 bridgehead atoms. The van der Waals surface area contributed by atoms with Crippen LogP contribution in [-0.4, -0.2) is 36.8 Å². The zero-order chi connectivity index (χ0) is 21.3. The van der Waals surface area contributed by atoms with Gasteiger partial charge in [0.05, 0.1) is 13.0 Å². The highest BCUT2D eigenvalue weighted by Crippen LogP contribution is 2.16. The number of thiol groups is 1. The topological polar surface area (TPSA) is 78.6 Å². The van der Waals surface area contributed by atoms with Gasteiger partial charge >= 0.3 is 5.97 Å². The van der Waals surface area contributed by atoms with Gasteiger partial charge in [-0.15, -0.1) is 0 Å². The van der Waals surface area contributed by atoms with Crippen LogP contribution in [0.5, 0.6) is 5.75 Å². The standard InChI is InChI=1S/C23H37NO4S/c1-19(28-22(25)15-16-24)23(26)20-11-13-21(14-12-20)27-17-9-7-5-3-2-4-6-8-10-18-29/h11-14,19,29H,2-10,15-18,24H2,1H3. The Balaban J connectivity index is 2.16. The van der Waals surface area contributed by atoms with Gasteiger partial charge in [0.25, 0.3) is 0 Å². The van der Waals surface area contributed by atoms with Crippen LogP contribution in [-0.2, 0) is 9.53 Å². The van der Waals surface area contributed by atoms with E-state index in [0.29, 0.717) is 12.2 Å². The maximum atomic E-state index is 12.3. The number of ketones is 1. The lowest BCUT2D eigenvalue weighted by Crippen LogP contribution is -2.25. The van der Waals surface area contributed by atoms with E-state index in [4.69, 9.17) is 15.2 Å². The van der Waals surface area contributed by atoms with Crippen LogP contribution in [0.2, 0.25) is 0 Å². The highest BCUT2D eigenvalue weighted by atomic mass is 32.1. The highest BCUT2D eigenvalue weighted by Gasteiger charge is 2.19. The molecular formula is C23H37NO4S. The van der Waals surface area contributed by atoms with Crippen molar-refractivity contribution in [1.29, 1.82) is 0 Å². The molecule has 29 heavy (non-hydrogen) atoms. The molecule has 0 fully saturated rings. The van der Waals surface area contributed by atoms with Crippen molar-refractivity contribution >= 4 is 24.4 Å². The summed E-state index contributed by atoms with van der Waals surface area (Å²) in [6.45, 7) is 2.47. The second-order valence-electron chi connectivity index (χ2n) is 7.31. The number of esters is 1. The number of carbonyl (C=O) groups is 2. The summed E-state index contributed by atoms with van der Waals surface area (Å²) in [5.41, 5.74) is 5.81. The summed E-state index contributed by atoms with van der Waals surface area (Å²) < 4.78 is 10.8. The molecule has 0 spiro atoms. The largest absolute Gasteiger partial charge is 0.494 e. The summed E-state index contributed by atoms with van der Waals surface area (Å²) in [4.78, 5) is 23.8. The monoisotopic (exact) mass is 423 g/mol. The van der Waals surface area contributed by atoms with E-state index in [1.54, 1.807) is 31.2 Å². The Morgan fingerprint density at radius 1 is 0.931 bits per heavy atom. The van der Waals surface area contributed by atoms with Gasteiger partial charge < -0.3 is 15.2 Å². The Bertz CT molecular complexity index is 577. The molecule has 2 N–H and O–H groups in total. The van der Waals surface area contributed by atoms with Crippen LogP contribution < -0.4 is 10.5 Å². The second-order valence-corrected chi connectivity index (χ2v) is 7.76. The minimum Gasteiger partial charge on any atom is -0.494 e.